The molecule has 1 saturated heterocycles. The minimum absolute atomic E-state index is 0.159. The third kappa shape index (κ3) is 3.80. The molecular weight excluding hydrogens is 238 g/mol. The van der Waals surface area contributed by atoms with Gasteiger partial charge in [-0.25, -0.2) is 0 Å². The lowest BCUT2D eigenvalue weighted by molar-refractivity contribution is -0.0296. The molecule has 0 aromatic carbocycles. The van der Waals surface area contributed by atoms with Gasteiger partial charge in [0.15, 0.2) is 0 Å². The summed E-state index contributed by atoms with van der Waals surface area (Å²) >= 11 is 0. The second-order valence-electron chi connectivity index (χ2n) is 6.67. The maximum absolute atomic E-state index is 6.04. The van der Waals surface area contributed by atoms with Crippen molar-refractivity contribution in [1.29, 1.82) is 0 Å². The average Bonchev–Trinajstić information content (AvgIpc) is 2.65. The van der Waals surface area contributed by atoms with Crippen LogP contribution in [-0.4, -0.2) is 28.5 Å². The molecule has 0 spiro atoms. The van der Waals surface area contributed by atoms with E-state index in [0.29, 0.717) is 5.92 Å². The van der Waals surface area contributed by atoms with Gasteiger partial charge in [-0.1, -0.05) is 0 Å². The standard InChI is InChI=1S/C15H27N3O/c1-11-13(10-18(5)17-11)14-12(7-6-8-19-14)9-16-15(2,3)4/h10,12,14,16H,6-9H2,1-5H3. The lowest BCUT2D eigenvalue weighted by atomic mass is 9.89. The zero-order chi connectivity index (χ0) is 14.0. The number of nitrogens with zero attached hydrogens (tertiary/aromatic N) is 2. The molecular formula is C15H27N3O. The molecule has 1 aromatic rings. The Kier molecular flexibility index (Phi) is 4.31. The fourth-order valence-corrected chi connectivity index (χ4v) is 2.73. The van der Waals surface area contributed by atoms with E-state index < -0.39 is 0 Å². The van der Waals surface area contributed by atoms with E-state index in [4.69, 9.17) is 4.74 Å². The van der Waals surface area contributed by atoms with E-state index in [2.05, 4.69) is 44.3 Å². The van der Waals surface area contributed by atoms with Crippen LogP contribution in [-0.2, 0) is 11.8 Å². The van der Waals surface area contributed by atoms with Gasteiger partial charge in [0.2, 0.25) is 0 Å². The number of aromatic nitrogens is 2. The summed E-state index contributed by atoms with van der Waals surface area (Å²) in [6, 6.07) is 0. The van der Waals surface area contributed by atoms with E-state index in [1.54, 1.807) is 0 Å². The Hall–Kier alpha value is -0.870. The van der Waals surface area contributed by atoms with E-state index in [1.165, 1.54) is 12.0 Å². The van der Waals surface area contributed by atoms with Gasteiger partial charge in [-0.2, -0.15) is 5.10 Å². The highest BCUT2D eigenvalue weighted by atomic mass is 16.5. The van der Waals surface area contributed by atoms with Gasteiger partial charge in [-0.05, 0) is 40.5 Å². The maximum Gasteiger partial charge on any atom is 0.0898 e. The average molecular weight is 265 g/mol. The molecule has 4 heteroatoms. The summed E-state index contributed by atoms with van der Waals surface area (Å²) in [6.45, 7) is 10.6. The lowest BCUT2D eigenvalue weighted by Crippen LogP contribution is -2.41. The van der Waals surface area contributed by atoms with E-state index >= 15 is 0 Å². The van der Waals surface area contributed by atoms with Crippen molar-refractivity contribution < 1.29 is 4.74 Å². The van der Waals surface area contributed by atoms with Crippen LogP contribution in [0.3, 0.4) is 0 Å². The van der Waals surface area contributed by atoms with Crippen molar-refractivity contribution >= 4 is 0 Å². The van der Waals surface area contributed by atoms with Crippen LogP contribution in [0.4, 0.5) is 0 Å². The summed E-state index contributed by atoms with van der Waals surface area (Å²) in [5.41, 5.74) is 2.50. The second kappa shape index (κ2) is 5.63. The summed E-state index contributed by atoms with van der Waals surface area (Å²) in [6.07, 6.45) is 4.68. The van der Waals surface area contributed by atoms with Gasteiger partial charge in [0.25, 0.3) is 0 Å². The summed E-state index contributed by atoms with van der Waals surface area (Å²) in [5.74, 6) is 0.538. The molecule has 0 saturated carbocycles. The number of ether oxygens (including phenoxy) is 1. The SMILES string of the molecule is Cc1nn(C)cc1C1OCCCC1CNC(C)(C)C. The fourth-order valence-electron chi connectivity index (χ4n) is 2.73. The molecule has 2 heterocycles. The van der Waals surface area contributed by atoms with Gasteiger partial charge >= 0.3 is 0 Å². The minimum Gasteiger partial charge on any atom is -0.373 e. The predicted octanol–water partition coefficient (Wildman–Crippen LogP) is 2.58. The van der Waals surface area contributed by atoms with Gasteiger partial charge in [0.05, 0.1) is 11.8 Å². The van der Waals surface area contributed by atoms with Crippen molar-refractivity contribution in [3.05, 3.63) is 17.5 Å². The zero-order valence-electron chi connectivity index (χ0n) is 12.9. The first-order valence-electron chi connectivity index (χ1n) is 7.23. The Morgan fingerprint density at radius 2 is 2.21 bits per heavy atom. The van der Waals surface area contributed by atoms with E-state index in [0.717, 1.165) is 25.3 Å². The largest absolute Gasteiger partial charge is 0.373 e. The van der Waals surface area contributed by atoms with Crippen molar-refractivity contribution in [2.75, 3.05) is 13.2 Å². The van der Waals surface area contributed by atoms with Crippen molar-refractivity contribution in [2.24, 2.45) is 13.0 Å². The normalized spacial score (nSPS) is 24.7. The molecule has 1 N–H and O–H groups in total. The van der Waals surface area contributed by atoms with Crippen molar-refractivity contribution in [3.63, 3.8) is 0 Å². The fraction of sp³-hybridized carbons (Fsp3) is 0.800. The van der Waals surface area contributed by atoms with Crippen molar-refractivity contribution in [2.45, 2.75) is 52.2 Å². The topological polar surface area (TPSA) is 39.1 Å². The Labute approximate surface area is 116 Å². The number of hydrogen-bond donors (Lipinski definition) is 1. The highest BCUT2D eigenvalue weighted by Gasteiger charge is 2.30. The summed E-state index contributed by atoms with van der Waals surface area (Å²) in [7, 11) is 1.97. The van der Waals surface area contributed by atoms with Gasteiger partial charge in [-0.3, -0.25) is 4.68 Å². The highest BCUT2D eigenvalue weighted by molar-refractivity contribution is 5.20. The van der Waals surface area contributed by atoms with E-state index in [1.807, 2.05) is 11.7 Å². The predicted molar refractivity (Wildman–Crippen MR) is 77.1 cm³/mol. The van der Waals surface area contributed by atoms with Gasteiger partial charge < -0.3 is 10.1 Å². The first kappa shape index (κ1) is 14.5. The van der Waals surface area contributed by atoms with Crippen LogP contribution in [0.25, 0.3) is 0 Å². The first-order chi connectivity index (χ1) is 8.87. The smallest absolute Gasteiger partial charge is 0.0898 e. The minimum atomic E-state index is 0.159. The summed E-state index contributed by atoms with van der Waals surface area (Å²) in [5, 5.41) is 8.06. The molecule has 4 nitrogen and oxygen atoms in total. The van der Waals surface area contributed by atoms with Crippen LogP contribution in [0.5, 0.6) is 0 Å². The Bertz CT molecular complexity index is 420. The highest BCUT2D eigenvalue weighted by Crippen LogP contribution is 2.34. The Morgan fingerprint density at radius 3 is 2.79 bits per heavy atom. The van der Waals surface area contributed by atoms with E-state index in [-0.39, 0.29) is 11.6 Å². The lowest BCUT2D eigenvalue weighted by Gasteiger charge is -2.34. The molecule has 0 aliphatic carbocycles. The van der Waals surface area contributed by atoms with Crippen LogP contribution in [0.1, 0.15) is 51.0 Å². The van der Waals surface area contributed by atoms with E-state index in [9.17, 15) is 0 Å². The van der Waals surface area contributed by atoms with Crippen molar-refractivity contribution in [1.82, 2.24) is 15.1 Å². The zero-order valence-corrected chi connectivity index (χ0v) is 12.9. The first-order valence-corrected chi connectivity index (χ1v) is 7.23. The van der Waals surface area contributed by atoms with Gasteiger partial charge in [-0.15, -0.1) is 0 Å². The van der Waals surface area contributed by atoms with Crippen LogP contribution < -0.4 is 5.32 Å². The third-order valence-corrected chi connectivity index (χ3v) is 3.70. The number of rotatable bonds is 3. The van der Waals surface area contributed by atoms with Crippen LogP contribution in [0, 0.1) is 12.8 Å². The molecule has 108 valence electrons. The molecule has 2 atom stereocenters. The monoisotopic (exact) mass is 265 g/mol. The number of aryl methyl sites for hydroxylation is 2. The molecule has 19 heavy (non-hydrogen) atoms. The quantitative estimate of drug-likeness (QED) is 0.913. The number of hydrogen-bond acceptors (Lipinski definition) is 3. The molecule has 0 amide bonds. The molecule has 1 aliphatic heterocycles. The molecule has 0 radical (unpaired) electrons. The Morgan fingerprint density at radius 1 is 1.47 bits per heavy atom. The second-order valence-corrected chi connectivity index (χ2v) is 6.67. The molecule has 1 aliphatic rings. The van der Waals surface area contributed by atoms with Crippen LogP contribution in [0.15, 0.2) is 6.20 Å². The molecule has 2 rings (SSSR count). The molecule has 2 unspecified atom stereocenters. The van der Waals surface area contributed by atoms with Crippen LogP contribution >= 0.6 is 0 Å². The van der Waals surface area contributed by atoms with Gasteiger partial charge in [0, 0.05) is 43.4 Å². The summed E-state index contributed by atoms with van der Waals surface area (Å²) < 4.78 is 7.93. The molecule has 0 bridgehead atoms. The van der Waals surface area contributed by atoms with Gasteiger partial charge in [0.1, 0.15) is 0 Å². The Balaban J connectivity index is 2.10. The molecule has 1 fully saturated rings. The molecule has 1 aromatic heterocycles. The third-order valence-electron chi connectivity index (χ3n) is 3.70. The maximum atomic E-state index is 6.04. The summed E-state index contributed by atoms with van der Waals surface area (Å²) in [4.78, 5) is 0. The van der Waals surface area contributed by atoms with Crippen molar-refractivity contribution in [3.8, 4) is 0 Å². The number of nitrogens with one attached hydrogen (secondary N) is 1. The van der Waals surface area contributed by atoms with Crippen LogP contribution in [0.2, 0.25) is 0 Å².